The van der Waals surface area contributed by atoms with Crippen molar-refractivity contribution >= 4 is 33.2 Å². The van der Waals surface area contributed by atoms with Crippen LogP contribution in [0.5, 0.6) is 11.6 Å². The molecule has 3 nitrogen and oxygen atoms in total. The first-order valence-electron chi connectivity index (χ1n) is 4.92. The number of nitrogen functional groups attached to an aromatic ring is 1. The van der Waals surface area contributed by atoms with Gasteiger partial charge in [-0.2, -0.15) is 0 Å². The molecule has 88 valence electrons. The normalized spacial score (nSPS) is 10.3. The molecule has 0 aliphatic carbocycles. The van der Waals surface area contributed by atoms with E-state index in [4.69, 9.17) is 22.1 Å². The third-order valence-electron chi connectivity index (χ3n) is 2.17. The zero-order chi connectivity index (χ0) is 12.4. The van der Waals surface area contributed by atoms with Crippen molar-refractivity contribution in [2.75, 3.05) is 5.73 Å². The number of ether oxygens (including phenoxy) is 1. The topological polar surface area (TPSA) is 48.1 Å². The zero-order valence-electron chi connectivity index (χ0n) is 9.08. The summed E-state index contributed by atoms with van der Waals surface area (Å²) in [4.78, 5) is 4.27. The number of hydrogen-bond donors (Lipinski definition) is 1. The summed E-state index contributed by atoms with van der Waals surface area (Å²) < 4.78 is 6.52. The number of halogens is 2. The number of hydrogen-bond acceptors (Lipinski definition) is 3. The van der Waals surface area contributed by atoms with Gasteiger partial charge in [0, 0.05) is 22.3 Å². The molecular weight excluding hydrogens is 304 g/mol. The Labute approximate surface area is 113 Å². The average Bonchev–Trinajstić information content (AvgIpc) is 2.29. The highest BCUT2D eigenvalue weighted by Crippen LogP contribution is 2.31. The fourth-order valence-corrected chi connectivity index (χ4v) is 1.67. The Morgan fingerprint density at radius 3 is 2.76 bits per heavy atom. The van der Waals surface area contributed by atoms with Crippen LogP contribution in [0.4, 0.5) is 5.69 Å². The molecule has 0 atom stereocenters. The van der Waals surface area contributed by atoms with E-state index in [1.54, 1.807) is 24.3 Å². The van der Waals surface area contributed by atoms with E-state index in [0.717, 1.165) is 10.2 Å². The third kappa shape index (κ3) is 2.90. The monoisotopic (exact) mass is 312 g/mol. The van der Waals surface area contributed by atoms with E-state index in [0.29, 0.717) is 22.3 Å². The Morgan fingerprint density at radius 2 is 2.06 bits per heavy atom. The van der Waals surface area contributed by atoms with Gasteiger partial charge in [0.15, 0.2) is 0 Å². The van der Waals surface area contributed by atoms with Crippen LogP contribution >= 0.6 is 27.5 Å². The molecule has 0 aliphatic rings. The Morgan fingerprint density at radius 1 is 1.29 bits per heavy atom. The van der Waals surface area contributed by atoms with Crippen molar-refractivity contribution in [1.82, 2.24) is 4.98 Å². The fraction of sp³-hybridized carbons (Fsp3) is 0.0833. The van der Waals surface area contributed by atoms with Crippen LogP contribution in [0.1, 0.15) is 5.69 Å². The average molecular weight is 314 g/mol. The number of nitrogens with two attached hydrogens (primary N) is 1. The predicted molar refractivity (Wildman–Crippen MR) is 72.6 cm³/mol. The van der Waals surface area contributed by atoms with Crippen molar-refractivity contribution in [3.63, 3.8) is 0 Å². The van der Waals surface area contributed by atoms with Crippen molar-refractivity contribution < 1.29 is 4.74 Å². The third-order valence-corrected chi connectivity index (χ3v) is 3.32. The molecule has 1 aromatic carbocycles. The number of anilines is 1. The highest BCUT2D eigenvalue weighted by atomic mass is 79.9. The van der Waals surface area contributed by atoms with Crippen LogP contribution in [-0.2, 0) is 0 Å². The summed E-state index contributed by atoms with van der Waals surface area (Å²) in [7, 11) is 0. The van der Waals surface area contributed by atoms with Gasteiger partial charge in [-0.25, -0.2) is 4.98 Å². The molecule has 0 unspecified atom stereocenters. The first kappa shape index (κ1) is 12.2. The molecule has 0 saturated carbocycles. The Kier molecular flexibility index (Phi) is 3.54. The summed E-state index contributed by atoms with van der Waals surface area (Å²) in [5.74, 6) is 0.985. The lowest BCUT2D eigenvalue weighted by Crippen LogP contribution is -1.92. The molecule has 1 heterocycles. The fourth-order valence-electron chi connectivity index (χ4n) is 1.29. The number of aromatic nitrogens is 1. The molecule has 2 rings (SSSR count). The number of aryl methyl sites for hydroxylation is 1. The Hall–Kier alpha value is -1.26. The van der Waals surface area contributed by atoms with Gasteiger partial charge in [0.1, 0.15) is 5.75 Å². The molecule has 0 spiro atoms. The van der Waals surface area contributed by atoms with Crippen molar-refractivity contribution in [2.24, 2.45) is 0 Å². The number of pyridine rings is 1. The number of nitrogens with zero attached hydrogens (tertiary/aromatic N) is 1. The van der Waals surface area contributed by atoms with Gasteiger partial charge in [-0.1, -0.05) is 11.6 Å². The summed E-state index contributed by atoms with van der Waals surface area (Å²) in [6, 6.07) is 8.71. The summed E-state index contributed by atoms with van der Waals surface area (Å²) in [5.41, 5.74) is 7.11. The van der Waals surface area contributed by atoms with Gasteiger partial charge in [0.25, 0.3) is 0 Å². The van der Waals surface area contributed by atoms with E-state index in [1.165, 1.54) is 0 Å². The van der Waals surface area contributed by atoms with Gasteiger partial charge in [-0.15, -0.1) is 0 Å². The summed E-state index contributed by atoms with van der Waals surface area (Å²) in [6.07, 6.45) is 0. The molecule has 0 amide bonds. The molecule has 17 heavy (non-hydrogen) atoms. The van der Waals surface area contributed by atoms with Crippen LogP contribution in [0.3, 0.4) is 0 Å². The molecule has 0 radical (unpaired) electrons. The minimum absolute atomic E-state index is 0.484. The van der Waals surface area contributed by atoms with E-state index in [2.05, 4.69) is 20.9 Å². The van der Waals surface area contributed by atoms with Crippen LogP contribution in [0.25, 0.3) is 0 Å². The molecular formula is C12H10BrClN2O. The van der Waals surface area contributed by atoms with Crippen molar-refractivity contribution in [1.29, 1.82) is 0 Å². The second-order valence-corrected chi connectivity index (χ2v) is 4.77. The maximum absolute atomic E-state index is 6.00. The van der Waals surface area contributed by atoms with Crippen LogP contribution in [0.15, 0.2) is 34.8 Å². The van der Waals surface area contributed by atoms with Gasteiger partial charge in [-0.3, -0.25) is 0 Å². The minimum Gasteiger partial charge on any atom is -0.437 e. The summed E-state index contributed by atoms with van der Waals surface area (Å²) >= 11 is 9.38. The maximum atomic E-state index is 6.00. The lowest BCUT2D eigenvalue weighted by Gasteiger charge is -2.08. The van der Waals surface area contributed by atoms with E-state index in [1.807, 2.05) is 13.0 Å². The quantitative estimate of drug-likeness (QED) is 0.846. The zero-order valence-corrected chi connectivity index (χ0v) is 11.4. The molecule has 2 N–H and O–H groups in total. The van der Waals surface area contributed by atoms with Gasteiger partial charge >= 0.3 is 0 Å². The van der Waals surface area contributed by atoms with Crippen LogP contribution in [0, 0.1) is 6.92 Å². The van der Waals surface area contributed by atoms with Crippen LogP contribution in [-0.4, -0.2) is 4.98 Å². The first-order valence-corrected chi connectivity index (χ1v) is 6.09. The minimum atomic E-state index is 0.484. The van der Waals surface area contributed by atoms with E-state index < -0.39 is 0 Å². The van der Waals surface area contributed by atoms with E-state index in [-0.39, 0.29) is 0 Å². The molecule has 0 aliphatic heterocycles. The van der Waals surface area contributed by atoms with Crippen molar-refractivity contribution in [3.8, 4) is 11.6 Å². The lowest BCUT2D eigenvalue weighted by molar-refractivity contribution is 0.462. The molecule has 0 fully saturated rings. The molecule has 0 bridgehead atoms. The second kappa shape index (κ2) is 4.94. The van der Waals surface area contributed by atoms with Gasteiger partial charge in [0.2, 0.25) is 5.88 Å². The second-order valence-electron chi connectivity index (χ2n) is 3.51. The Bertz CT molecular complexity index is 560. The highest BCUT2D eigenvalue weighted by Gasteiger charge is 2.06. The molecule has 0 saturated heterocycles. The van der Waals surface area contributed by atoms with Crippen LogP contribution < -0.4 is 10.5 Å². The molecule has 2 aromatic rings. The molecule has 5 heteroatoms. The highest BCUT2D eigenvalue weighted by molar-refractivity contribution is 9.10. The summed E-state index contributed by atoms with van der Waals surface area (Å²) in [5, 5.41) is 0.501. The van der Waals surface area contributed by atoms with Crippen molar-refractivity contribution in [3.05, 3.63) is 45.5 Å². The number of benzene rings is 1. The predicted octanol–water partition coefficient (Wildman–Crippen LogP) is 4.18. The van der Waals surface area contributed by atoms with Gasteiger partial charge in [-0.05, 0) is 41.1 Å². The van der Waals surface area contributed by atoms with Crippen molar-refractivity contribution in [2.45, 2.75) is 6.92 Å². The Balaban J connectivity index is 2.31. The SMILES string of the molecule is Cc1nc(Oc2cc(N)ccc2Cl)ccc1Br. The smallest absolute Gasteiger partial charge is 0.219 e. The first-order chi connectivity index (χ1) is 8.06. The standard InChI is InChI=1S/C12H10BrClN2O/c1-7-9(13)3-5-12(16-7)17-11-6-8(15)2-4-10(11)14/h2-6H,15H2,1H3. The van der Waals surface area contributed by atoms with Gasteiger partial charge < -0.3 is 10.5 Å². The summed E-state index contributed by atoms with van der Waals surface area (Å²) in [6.45, 7) is 1.89. The largest absolute Gasteiger partial charge is 0.437 e. The van der Waals surface area contributed by atoms with E-state index >= 15 is 0 Å². The molecule has 1 aromatic heterocycles. The lowest BCUT2D eigenvalue weighted by atomic mass is 10.3. The van der Waals surface area contributed by atoms with Gasteiger partial charge in [0.05, 0.1) is 10.7 Å². The van der Waals surface area contributed by atoms with Crippen LogP contribution in [0.2, 0.25) is 5.02 Å². The van der Waals surface area contributed by atoms with E-state index in [9.17, 15) is 0 Å². The number of rotatable bonds is 2. The maximum Gasteiger partial charge on any atom is 0.219 e.